The minimum absolute atomic E-state index is 0.103. The lowest BCUT2D eigenvalue weighted by atomic mass is 9.99. The molecule has 0 saturated heterocycles. The standard InChI is InChI=1S/C26H19NO4/c1-16-10-21(31-25-13-20(28)8-9-23(16)25)14-22-12-19(11-17(2)30-22)24(15-27)26(29)18-6-4-3-5-7-18/h3-14,29H,1-2H3. The van der Waals surface area contributed by atoms with Crippen LogP contribution < -0.4 is 5.43 Å². The normalized spacial score (nSPS) is 15.6. The van der Waals surface area contributed by atoms with Gasteiger partial charge in [-0.1, -0.05) is 30.3 Å². The van der Waals surface area contributed by atoms with Crippen LogP contribution >= 0.6 is 0 Å². The van der Waals surface area contributed by atoms with Crippen LogP contribution in [0.15, 0.2) is 98.6 Å². The molecule has 2 aliphatic heterocycles. The second-order valence-corrected chi connectivity index (χ2v) is 7.19. The maximum absolute atomic E-state index is 11.7. The third kappa shape index (κ3) is 4.19. The lowest BCUT2D eigenvalue weighted by Gasteiger charge is -2.16. The maximum atomic E-state index is 11.7. The summed E-state index contributed by atoms with van der Waals surface area (Å²) in [6, 6.07) is 17.5. The number of aliphatic hydroxyl groups is 1. The van der Waals surface area contributed by atoms with E-state index in [2.05, 4.69) is 6.07 Å². The molecule has 0 aromatic heterocycles. The Morgan fingerprint density at radius 2 is 1.84 bits per heavy atom. The van der Waals surface area contributed by atoms with Crippen molar-refractivity contribution >= 4 is 11.8 Å². The Kier molecular flexibility index (Phi) is 5.30. The average molecular weight is 409 g/mol. The molecule has 1 aromatic rings. The largest absolute Gasteiger partial charge is 0.506 e. The molecule has 5 nitrogen and oxygen atoms in total. The highest BCUT2D eigenvalue weighted by Gasteiger charge is 2.17. The van der Waals surface area contributed by atoms with Gasteiger partial charge in [-0.15, -0.1) is 0 Å². The van der Waals surface area contributed by atoms with E-state index in [1.807, 2.05) is 19.1 Å². The van der Waals surface area contributed by atoms with Crippen molar-refractivity contribution in [1.82, 2.24) is 0 Å². The second kappa shape index (κ2) is 8.21. The maximum Gasteiger partial charge on any atom is 0.182 e. The van der Waals surface area contributed by atoms with Crippen LogP contribution in [0.2, 0.25) is 0 Å². The van der Waals surface area contributed by atoms with Crippen LogP contribution in [0.25, 0.3) is 23.2 Å². The zero-order valence-electron chi connectivity index (χ0n) is 17.0. The van der Waals surface area contributed by atoms with Crippen molar-refractivity contribution in [3.63, 3.8) is 0 Å². The third-order valence-electron chi connectivity index (χ3n) is 4.87. The van der Waals surface area contributed by atoms with Gasteiger partial charge in [-0.2, -0.15) is 5.26 Å². The SMILES string of the molecule is CC1=CC(C(C#N)=C(O)c2ccccc2)=CC(=Cc2cc(C)c3ccc(=O)cc-3o2)O1. The van der Waals surface area contributed by atoms with Crippen LogP contribution in [-0.2, 0) is 4.74 Å². The zero-order valence-corrected chi connectivity index (χ0v) is 17.0. The number of benzene rings is 2. The number of fused-ring (bicyclic) bond motifs is 1. The van der Waals surface area contributed by atoms with Crippen LogP contribution in [0.3, 0.4) is 0 Å². The summed E-state index contributed by atoms with van der Waals surface area (Å²) in [6.45, 7) is 3.70. The Morgan fingerprint density at radius 3 is 2.58 bits per heavy atom. The van der Waals surface area contributed by atoms with Crippen LogP contribution in [0.4, 0.5) is 0 Å². The second-order valence-electron chi connectivity index (χ2n) is 7.19. The first-order valence-corrected chi connectivity index (χ1v) is 9.68. The molecular weight excluding hydrogens is 390 g/mol. The molecule has 152 valence electrons. The monoisotopic (exact) mass is 409 g/mol. The minimum Gasteiger partial charge on any atom is -0.506 e. The van der Waals surface area contributed by atoms with Gasteiger partial charge in [-0.3, -0.25) is 4.79 Å². The Morgan fingerprint density at radius 1 is 1.06 bits per heavy atom. The predicted octanol–water partition coefficient (Wildman–Crippen LogP) is 5.75. The molecule has 1 aliphatic carbocycles. The first-order valence-electron chi connectivity index (χ1n) is 9.68. The molecule has 0 atom stereocenters. The van der Waals surface area contributed by atoms with Crippen molar-refractivity contribution in [2.75, 3.05) is 0 Å². The number of ether oxygens (including phenoxy) is 1. The molecule has 1 aromatic carbocycles. The predicted molar refractivity (Wildman–Crippen MR) is 119 cm³/mol. The summed E-state index contributed by atoms with van der Waals surface area (Å²) in [5, 5.41) is 20.4. The van der Waals surface area contributed by atoms with E-state index in [0.29, 0.717) is 34.2 Å². The molecule has 0 spiro atoms. The van der Waals surface area contributed by atoms with E-state index in [-0.39, 0.29) is 16.8 Å². The summed E-state index contributed by atoms with van der Waals surface area (Å²) < 4.78 is 11.7. The van der Waals surface area contributed by atoms with E-state index in [9.17, 15) is 15.2 Å². The van der Waals surface area contributed by atoms with E-state index < -0.39 is 0 Å². The molecule has 0 fully saturated rings. The van der Waals surface area contributed by atoms with E-state index in [1.54, 1.807) is 55.5 Å². The van der Waals surface area contributed by atoms with Gasteiger partial charge in [-0.25, -0.2) is 0 Å². The third-order valence-corrected chi connectivity index (χ3v) is 4.87. The minimum atomic E-state index is -0.129. The number of hydrogen-bond donors (Lipinski definition) is 1. The summed E-state index contributed by atoms with van der Waals surface area (Å²) in [5.74, 6) is 1.91. The average Bonchev–Trinajstić information content (AvgIpc) is 2.74. The molecule has 5 heteroatoms. The van der Waals surface area contributed by atoms with E-state index >= 15 is 0 Å². The van der Waals surface area contributed by atoms with Gasteiger partial charge in [0.2, 0.25) is 0 Å². The molecule has 4 rings (SSSR count). The quantitative estimate of drug-likeness (QED) is 0.440. The smallest absolute Gasteiger partial charge is 0.182 e. The van der Waals surface area contributed by atoms with Gasteiger partial charge in [0.1, 0.15) is 40.4 Å². The summed E-state index contributed by atoms with van der Waals surface area (Å²) in [6.07, 6.45) is 5.06. The lowest BCUT2D eigenvalue weighted by molar-refractivity contribution is 0.320. The molecular formula is C26H19NO4. The highest BCUT2D eigenvalue weighted by atomic mass is 16.5. The van der Waals surface area contributed by atoms with Crippen LogP contribution in [0.5, 0.6) is 0 Å². The Balaban J connectivity index is 1.79. The van der Waals surface area contributed by atoms with Crippen molar-refractivity contribution in [2.45, 2.75) is 13.8 Å². The summed E-state index contributed by atoms with van der Waals surface area (Å²) in [5.41, 5.74) is 2.91. The van der Waals surface area contributed by atoms with Crippen LogP contribution in [-0.4, -0.2) is 5.11 Å². The summed E-state index contributed by atoms with van der Waals surface area (Å²) in [4.78, 5) is 11.7. The number of nitrogens with zero attached hydrogens (tertiary/aromatic N) is 1. The Bertz CT molecular complexity index is 1350. The fourth-order valence-corrected chi connectivity index (χ4v) is 3.44. The Labute approximate surface area is 179 Å². The van der Waals surface area contributed by atoms with Gasteiger partial charge < -0.3 is 14.3 Å². The lowest BCUT2D eigenvalue weighted by Crippen LogP contribution is -2.01. The number of rotatable bonds is 3. The number of allylic oxidation sites excluding steroid dienone is 5. The van der Waals surface area contributed by atoms with Crippen LogP contribution in [0.1, 0.15) is 23.8 Å². The van der Waals surface area contributed by atoms with Crippen molar-refractivity contribution in [2.24, 2.45) is 0 Å². The van der Waals surface area contributed by atoms with Crippen molar-refractivity contribution in [1.29, 1.82) is 5.26 Å². The highest BCUT2D eigenvalue weighted by molar-refractivity contribution is 5.74. The number of aryl methyl sites for hydroxylation is 1. The fraction of sp³-hybridized carbons (Fsp3) is 0.0769. The first kappa shape index (κ1) is 20.0. The van der Waals surface area contributed by atoms with Crippen molar-refractivity contribution in [3.05, 3.63) is 117 Å². The zero-order chi connectivity index (χ0) is 22.0. The number of aliphatic hydroxyl groups excluding tert-OH is 1. The molecule has 0 saturated carbocycles. The Hall–Kier alpha value is -4.30. The first-order chi connectivity index (χ1) is 14.9. The molecule has 0 bridgehead atoms. The van der Waals surface area contributed by atoms with E-state index in [0.717, 1.165) is 11.1 Å². The van der Waals surface area contributed by atoms with Gasteiger partial charge in [0.05, 0.1) is 0 Å². The summed E-state index contributed by atoms with van der Waals surface area (Å²) >= 11 is 0. The van der Waals surface area contributed by atoms with E-state index in [1.165, 1.54) is 12.1 Å². The number of hydrogen-bond acceptors (Lipinski definition) is 5. The molecule has 2 heterocycles. The van der Waals surface area contributed by atoms with Gasteiger partial charge in [0, 0.05) is 28.8 Å². The summed E-state index contributed by atoms with van der Waals surface area (Å²) in [7, 11) is 0. The molecule has 1 N–H and O–H groups in total. The van der Waals surface area contributed by atoms with Gasteiger partial charge in [0.25, 0.3) is 0 Å². The van der Waals surface area contributed by atoms with Gasteiger partial charge in [-0.05, 0) is 49.8 Å². The van der Waals surface area contributed by atoms with Crippen LogP contribution in [0, 0.1) is 18.3 Å². The van der Waals surface area contributed by atoms with Gasteiger partial charge >= 0.3 is 0 Å². The molecule has 0 unspecified atom stereocenters. The molecule has 0 radical (unpaired) electrons. The molecule has 31 heavy (non-hydrogen) atoms. The van der Waals surface area contributed by atoms with Crippen molar-refractivity contribution < 1.29 is 14.3 Å². The van der Waals surface area contributed by atoms with E-state index in [4.69, 9.17) is 9.15 Å². The van der Waals surface area contributed by atoms with Gasteiger partial charge in [0.15, 0.2) is 5.43 Å². The number of nitriles is 1. The molecule has 0 amide bonds. The fourth-order valence-electron chi connectivity index (χ4n) is 3.44. The topological polar surface area (TPSA) is 83.5 Å². The highest BCUT2D eigenvalue weighted by Crippen LogP contribution is 2.31. The van der Waals surface area contributed by atoms with Crippen molar-refractivity contribution in [3.8, 4) is 17.4 Å². The molecule has 3 aliphatic rings.